The van der Waals surface area contributed by atoms with Crippen LogP contribution in [0.2, 0.25) is 0 Å². The van der Waals surface area contributed by atoms with Gasteiger partial charge in [-0.05, 0) is 50.2 Å². The smallest absolute Gasteiger partial charge is 0.254 e. The highest BCUT2D eigenvalue weighted by Gasteiger charge is 2.30. The maximum Gasteiger partial charge on any atom is 0.254 e. The van der Waals surface area contributed by atoms with Gasteiger partial charge in [0.1, 0.15) is 0 Å². The summed E-state index contributed by atoms with van der Waals surface area (Å²) in [6.07, 6.45) is 0. The van der Waals surface area contributed by atoms with Crippen LogP contribution in [0, 0.1) is 13.8 Å². The number of amides is 1. The maximum atomic E-state index is 13.3. The molecule has 26 heavy (non-hydrogen) atoms. The molecule has 4 heteroatoms. The third kappa shape index (κ3) is 2.90. The van der Waals surface area contributed by atoms with Crippen LogP contribution in [0.5, 0.6) is 0 Å². The summed E-state index contributed by atoms with van der Waals surface area (Å²) in [6, 6.07) is 16.4. The van der Waals surface area contributed by atoms with Crippen molar-refractivity contribution < 1.29 is 4.79 Å². The van der Waals surface area contributed by atoms with E-state index in [-0.39, 0.29) is 11.9 Å². The van der Waals surface area contributed by atoms with E-state index in [4.69, 9.17) is 0 Å². The first-order chi connectivity index (χ1) is 12.5. The average molecular weight is 347 g/mol. The van der Waals surface area contributed by atoms with Crippen molar-refractivity contribution in [2.45, 2.75) is 19.9 Å². The van der Waals surface area contributed by atoms with Crippen LogP contribution < -0.4 is 0 Å². The zero-order valence-corrected chi connectivity index (χ0v) is 15.6. The second-order valence-corrected chi connectivity index (χ2v) is 7.32. The van der Waals surface area contributed by atoms with Gasteiger partial charge in [0.25, 0.3) is 5.91 Å². The van der Waals surface area contributed by atoms with Crippen molar-refractivity contribution in [2.24, 2.45) is 0 Å². The number of nitrogens with zero attached hydrogens (tertiary/aromatic N) is 2. The van der Waals surface area contributed by atoms with E-state index in [0.29, 0.717) is 0 Å². The molecule has 0 aliphatic carbocycles. The lowest BCUT2D eigenvalue weighted by Gasteiger charge is -2.40. The minimum atomic E-state index is 0.0900. The molecule has 0 spiro atoms. The molecule has 1 atom stereocenters. The summed E-state index contributed by atoms with van der Waals surface area (Å²) >= 11 is 0. The molecule has 1 aliphatic heterocycles. The third-order valence-corrected chi connectivity index (χ3v) is 5.58. The Kier molecular flexibility index (Phi) is 4.29. The van der Waals surface area contributed by atoms with Crippen molar-refractivity contribution >= 4 is 16.8 Å². The molecule has 1 saturated heterocycles. The Labute approximate surface area is 154 Å². The van der Waals surface area contributed by atoms with Crippen LogP contribution in [0.1, 0.15) is 33.2 Å². The van der Waals surface area contributed by atoms with Crippen molar-refractivity contribution in [3.63, 3.8) is 0 Å². The topological polar surface area (TPSA) is 39.3 Å². The van der Waals surface area contributed by atoms with Gasteiger partial charge in [-0.2, -0.15) is 0 Å². The molecule has 0 bridgehead atoms. The zero-order valence-electron chi connectivity index (χ0n) is 15.6. The minimum absolute atomic E-state index is 0.0900. The lowest BCUT2D eigenvalue weighted by molar-refractivity contribution is 0.0498. The van der Waals surface area contributed by atoms with E-state index < -0.39 is 0 Å². The Morgan fingerprint density at radius 2 is 1.85 bits per heavy atom. The highest BCUT2D eigenvalue weighted by molar-refractivity contribution is 5.99. The van der Waals surface area contributed by atoms with E-state index in [0.717, 1.165) is 41.8 Å². The fraction of sp³-hybridized carbons (Fsp3) is 0.318. The molecule has 1 aliphatic rings. The predicted octanol–water partition coefficient (Wildman–Crippen LogP) is 3.91. The van der Waals surface area contributed by atoms with Gasteiger partial charge in [-0.15, -0.1) is 0 Å². The van der Waals surface area contributed by atoms with Gasteiger partial charge in [-0.3, -0.25) is 4.79 Å². The minimum Gasteiger partial charge on any atom is -0.358 e. The number of carbonyl (C=O) groups excluding carboxylic acids is 1. The molecule has 1 fully saturated rings. The van der Waals surface area contributed by atoms with Crippen LogP contribution in [0.4, 0.5) is 0 Å². The van der Waals surface area contributed by atoms with Crippen LogP contribution in [-0.4, -0.2) is 47.4 Å². The monoisotopic (exact) mass is 347 g/mol. The van der Waals surface area contributed by atoms with Gasteiger partial charge in [0.05, 0.1) is 6.04 Å². The highest BCUT2D eigenvalue weighted by atomic mass is 16.2. The van der Waals surface area contributed by atoms with E-state index >= 15 is 0 Å². The quantitative estimate of drug-likeness (QED) is 0.763. The summed E-state index contributed by atoms with van der Waals surface area (Å²) in [7, 11) is 2.12. The molecular formula is C22H25N3O. The second-order valence-electron chi connectivity index (χ2n) is 7.32. The van der Waals surface area contributed by atoms with Crippen LogP contribution >= 0.6 is 0 Å². The number of piperazine rings is 1. The van der Waals surface area contributed by atoms with E-state index in [9.17, 15) is 4.79 Å². The van der Waals surface area contributed by atoms with Crippen LogP contribution in [0.25, 0.3) is 10.9 Å². The van der Waals surface area contributed by atoms with Gasteiger partial charge in [-0.25, -0.2) is 0 Å². The Balaban J connectivity index is 1.70. The molecule has 0 saturated carbocycles. The SMILES string of the molecule is Cc1[nH]c2ccc(C(=O)N3CCN(C)C[C@H]3c3ccccc3)cc2c1C. The van der Waals surface area contributed by atoms with Crippen molar-refractivity contribution in [2.75, 3.05) is 26.7 Å². The molecule has 3 aromatic rings. The standard InChI is InChI=1S/C22H25N3O/c1-15-16(2)23-20-10-9-18(13-19(15)20)22(26)25-12-11-24(3)14-21(25)17-7-5-4-6-8-17/h4-10,13,21,23H,11-12,14H2,1-3H3/t21-/m0/s1. The number of aromatic amines is 1. The zero-order chi connectivity index (χ0) is 18.3. The second kappa shape index (κ2) is 6.61. The number of aromatic nitrogens is 1. The number of rotatable bonds is 2. The van der Waals surface area contributed by atoms with Gasteiger partial charge in [0.15, 0.2) is 0 Å². The maximum absolute atomic E-state index is 13.3. The number of nitrogens with one attached hydrogen (secondary N) is 1. The number of benzene rings is 2. The molecule has 1 N–H and O–H groups in total. The highest BCUT2D eigenvalue weighted by Crippen LogP contribution is 2.28. The van der Waals surface area contributed by atoms with Gasteiger partial charge in [-0.1, -0.05) is 30.3 Å². The Bertz CT molecular complexity index is 945. The van der Waals surface area contributed by atoms with E-state index in [1.165, 1.54) is 11.1 Å². The lowest BCUT2D eigenvalue weighted by Crippen LogP contribution is -2.49. The van der Waals surface area contributed by atoms with Crippen molar-refractivity contribution in [3.05, 3.63) is 70.9 Å². The van der Waals surface area contributed by atoms with Gasteiger partial charge in [0, 0.05) is 41.8 Å². The van der Waals surface area contributed by atoms with Crippen molar-refractivity contribution in [3.8, 4) is 0 Å². The molecule has 4 nitrogen and oxygen atoms in total. The summed E-state index contributed by atoms with van der Waals surface area (Å²) in [5.74, 6) is 0.118. The number of aryl methyl sites for hydroxylation is 2. The number of likely N-dealkylation sites (N-methyl/N-ethyl adjacent to an activating group) is 1. The molecule has 4 rings (SSSR count). The first-order valence-electron chi connectivity index (χ1n) is 9.18. The fourth-order valence-corrected chi connectivity index (χ4v) is 3.88. The van der Waals surface area contributed by atoms with Crippen LogP contribution in [-0.2, 0) is 0 Å². The molecule has 134 valence electrons. The Morgan fingerprint density at radius 3 is 2.62 bits per heavy atom. The number of hydrogen-bond donors (Lipinski definition) is 1. The molecule has 1 amide bonds. The number of carbonyl (C=O) groups is 1. The summed E-state index contributed by atoms with van der Waals surface area (Å²) in [4.78, 5) is 21.1. The summed E-state index contributed by atoms with van der Waals surface area (Å²) in [6.45, 7) is 6.69. The predicted molar refractivity (Wildman–Crippen MR) is 105 cm³/mol. The van der Waals surface area contributed by atoms with Crippen LogP contribution in [0.15, 0.2) is 48.5 Å². The largest absolute Gasteiger partial charge is 0.358 e. The Morgan fingerprint density at radius 1 is 1.08 bits per heavy atom. The molecular weight excluding hydrogens is 322 g/mol. The summed E-state index contributed by atoms with van der Waals surface area (Å²) in [5.41, 5.74) is 5.43. The Hall–Kier alpha value is -2.59. The van der Waals surface area contributed by atoms with Gasteiger partial charge >= 0.3 is 0 Å². The first-order valence-corrected chi connectivity index (χ1v) is 9.18. The fourth-order valence-electron chi connectivity index (χ4n) is 3.88. The van der Waals surface area contributed by atoms with Gasteiger partial charge < -0.3 is 14.8 Å². The molecule has 0 unspecified atom stereocenters. The van der Waals surface area contributed by atoms with Crippen molar-refractivity contribution in [1.82, 2.24) is 14.8 Å². The van der Waals surface area contributed by atoms with Crippen LogP contribution in [0.3, 0.4) is 0 Å². The third-order valence-electron chi connectivity index (χ3n) is 5.58. The number of hydrogen-bond acceptors (Lipinski definition) is 2. The number of H-pyrrole nitrogens is 1. The van der Waals surface area contributed by atoms with Crippen molar-refractivity contribution in [1.29, 1.82) is 0 Å². The molecule has 2 aromatic carbocycles. The van der Waals surface area contributed by atoms with E-state index in [1.807, 2.05) is 41.3 Å². The lowest BCUT2D eigenvalue weighted by atomic mass is 10.0. The summed E-state index contributed by atoms with van der Waals surface area (Å²) in [5, 5.41) is 1.14. The average Bonchev–Trinajstić information content (AvgIpc) is 2.95. The van der Waals surface area contributed by atoms with E-state index in [2.05, 4.69) is 42.9 Å². The summed E-state index contributed by atoms with van der Waals surface area (Å²) < 4.78 is 0. The molecule has 0 radical (unpaired) electrons. The molecule has 2 heterocycles. The van der Waals surface area contributed by atoms with E-state index in [1.54, 1.807) is 0 Å². The number of fused-ring (bicyclic) bond motifs is 1. The van der Waals surface area contributed by atoms with Gasteiger partial charge in [0.2, 0.25) is 0 Å². The molecule has 1 aromatic heterocycles. The normalized spacial score (nSPS) is 18.4. The first kappa shape index (κ1) is 16.9.